The Bertz CT molecular complexity index is 1070. The fourth-order valence-corrected chi connectivity index (χ4v) is 3.56. The Balaban J connectivity index is 1.63. The van der Waals surface area contributed by atoms with Gasteiger partial charge in [-0.25, -0.2) is 9.97 Å². The van der Waals surface area contributed by atoms with Crippen LogP contribution in [-0.4, -0.2) is 39.4 Å². The third-order valence-corrected chi connectivity index (χ3v) is 4.99. The number of nitriles is 1. The maximum Gasteiger partial charge on any atom is 0.226 e. The minimum atomic E-state index is 0.0653. The molecule has 154 valence electrons. The zero-order valence-electron chi connectivity index (χ0n) is 16.8. The summed E-state index contributed by atoms with van der Waals surface area (Å²) in [6, 6.07) is 9.33. The van der Waals surface area contributed by atoms with Crippen LogP contribution in [0.2, 0.25) is 0 Å². The van der Waals surface area contributed by atoms with Crippen LogP contribution in [0.25, 0.3) is 11.3 Å². The van der Waals surface area contributed by atoms with Gasteiger partial charge in [0.1, 0.15) is 29.2 Å². The number of aryl methyl sites for hydroxylation is 1. The molecule has 0 bridgehead atoms. The average molecular weight is 405 g/mol. The zero-order valence-corrected chi connectivity index (χ0v) is 16.8. The second-order valence-electron chi connectivity index (χ2n) is 7.29. The minimum Gasteiger partial charge on any atom is -0.489 e. The number of methoxy groups -OCH3 is 1. The summed E-state index contributed by atoms with van der Waals surface area (Å²) in [5.74, 6) is 1.74. The van der Waals surface area contributed by atoms with Crippen molar-refractivity contribution in [2.24, 2.45) is 5.73 Å². The molecule has 3 aromatic heterocycles. The van der Waals surface area contributed by atoms with E-state index in [4.69, 9.17) is 20.5 Å². The van der Waals surface area contributed by atoms with Gasteiger partial charge in [0.15, 0.2) is 5.82 Å². The lowest BCUT2D eigenvalue weighted by Gasteiger charge is -2.18. The molecule has 1 aliphatic carbocycles. The maximum absolute atomic E-state index is 8.87. The van der Waals surface area contributed by atoms with Crippen LogP contribution in [0, 0.1) is 18.3 Å². The third-order valence-electron chi connectivity index (χ3n) is 4.99. The van der Waals surface area contributed by atoms with Crippen molar-refractivity contribution in [3.63, 3.8) is 0 Å². The molecule has 4 N–H and O–H groups in total. The Labute approximate surface area is 174 Å². The predicted octanol–water partition coefficient (Wildman–Crippen LogP) is 3.06. The van der Waals surface area contributed by atoms with Gasteiger partial charge in [-0.1, -0.05) is 0 Å². The summed E-state index contributed by atoms with van der Waals surface area (Å²) in [6.07, 6.45) is 4.35. The number of nitrogens with two attached hydrogens (primary N) is 1. The van der Waals surface area contributed by atoms with Crippen LogP contribution in [0.4, 0.5) is 11.5 Å². The normalized spacial score (nSPS) is 18.1. The molecule has 3 aromatic rings. The molecular formula is C21H23N7O2. The Hall–Kier alpha value is -3.64. The molecule has 0 unspecified atom stereocenters. The SMILES string of the molecule is COc1nc(C)cc(O[C@@H]2CC[C@H](N)C2)c1-c1cc(Nc2ccc(C#N)nc2)n[nH]1. The fourth-order valence-electron chi connectivity index (χ4n) is 3.56. The molecule has 1 saturated carbocycles. The van der Waals surface area contributed by atoms with Gasteiger partial charge in [0.05, 0.1) is 24.7 Å². The molecule has 4 rings (SSSR count). The molecular weight excluding hydrogens is 382 g/mol. The first-order valence-corrected chi connectivity index (χ1v) is 9.72. The van der Waals surface area contributed by atoms with Crippen molar-refractivity contribution in [1.29, 1.82) is 5.26 Å². The summed E-state index contributed by atoms with van der Waals surface area (Å²) >= 11 is 0. The number of rotatable bonds is 6. The first kappa shape index (κ1) is 19.7. The predicted molar refractivity (Wildman–Crippen MR) is 112 cm³/mol. The third kappa shape index (κ3) is 4.18. The van der Waals surface area contributed by atoms with Crippen LogP contribution in [0.1, 0.15) is 30.7 Å². The molecule has 2 atom stereocenters. The van der Waals surface area contributed by atoms with Crippen molar-refractivity contribution in [3.8, 4) is 29.0 Å². The molecule has 0 saturated heterocycles. The first-order chi connectivity index (χ1) is 14.6. The quantitative estimate of drug-likeness (QED) is 0.569. The van der Waals surface area contributed by atoms with Crippen molar-refractivity contribution in [3.05, 3.63) is 41.9 Å². The molecule has 30 heavy (non-hydrogen) atoms. The van der Waals surface area contributed by atoms with Crippen LogP contribution in [0.3, 0.4) is 0 Å². The van der Waals surface area contributed by atoms with Crippen molar-refractivity contribution in [2.45, 2.75) is 38.3 Å². The van der Waals surface area contributed by atoms with Crippen LogP contribution < -0.4 is 20.5 Å². The van der Waals surface area contributed by atoms with E-state index >= 15 is 0 Å². The smallest absolute Gasteiger partial charge is 0.226 e. The largest absolute Gasteiger partial charge is 0.489 e. The lowest BCUT2D eigenvalue weighted by atomic mass is 10.1. The van der Waals surface area contributed by atoms with Crippen molar-refractivity contribution in [1.82, 2.24) is 20.2 Å². The van der Waals surface area contributed by atoms with E-state index in [1.165, 1.54) is 0 Å². The van der Waals surface area contributed by atoms with Gasteiger partial charge in [0.2, 0.25) is 5.88 Å². The Kier molecular flexibility index (Phi) is 5.50. The average Bonchev–Trinajstić information content (AvgIpc) is 3.37. The molecule has 9 heteroatoms. The number of aromatic nitrogens is 4. The number of aromatic amines is 1. The Morgan fingerprint density at radius 3 is 2.83 bits per heavy atom. The number of H-pyrrole nitrogens is 1. The molecule has 0 radical (unpaired) electrons. The van der Waals surface area contributed by atoms with E-state index in [-0.39, 0.29) is 12.1 Å². The van der Waals surface area contributed by atoms with Crippen LogP contribution in [0.5, 0.6) is 11.6 Å². The van der Waals surface area contributed by atoms with Crippen LogP contribution in [-0.2, 0) is 0 Å². The maximum atomic E-state index is 8.87. The number of anilines is 2. The molecule has 3 heterocycles. The lowest BCUT2D eigenvalue weighted by molar-refractivity contribution is 0.208. The highest BCUT2D eigenvalue weighted by molar-refractivity contribution is 5.75. The van der Waals surface area contributed by atoms with Gasteiger partial charge in [-0.05, 0) is 38.3 Å². The number of nitrogens with zero attached hydrogens (tertiary/aromatic N) is 4. The molecule has 0 spiro atoms. The number of hydrogen-bond donors (Lipinski definition) is 3. The topological polar surface area (TPSA) is 135 Å². The van der Waals surface area contributed by atoms with E-state index in [0.29, 0.717) is 34.4 Å². The van der Waals surface area contributed by atoms with Gasteiger partial charge in [-0.3, -0.25) is 5.10 Å². The fraction of sp³-hybridized carbons (Fsp3) is 0.333. The van der Waals surface area contributed by atoms with Gasteiger partial charge in [0.25, 0.3) is 0 Å². The molecule has 0 amide bonds. The molecule has 0 aromatic carbocycles. The van der Waals surface area contributed by atoms with Crippen molar-refractivity contribution in [2.75, 3.05) is 12.4 Å². The highest BCUT2D eigenvalue weighted by Crippen LogP contribution is 2.39. The van der Waals surface area contributed by atoms with E-state index in [0.717, 1.165) is 30.6 Å². The van der Waals surface area contributed by atoms with Gasteiger partial charge < -0.3 is 20.5 Å². The van der Waals surface area contributed by atoms with E-state index in [2.05, 4.69) is 25.5 Å². The number of nitrogens with one attached hydrogen (secondary N) is 2. The number of hydrogen-bond acceptors (Lipinski definition) is 8. The highest BCUT2D eigenvalue weighted by atomic mass is 16.5. The molecule has 0 aliphatic heterocycles. The van der Waals surface area contributed by atoms with Gasteiger partial charge in [-0.15, -0.1) is 0 Å². The summed E-state index contributed by atoms with van der Waals surface area (Å²) in [7, 11) is 1.58. The Morgan fingerprint density at radius 2 is 2.17 bits per heavy atom. The van der Waals surface area contributed by atoms with Crippen LogP contribution >= 0.6 is 0 Å². The second kappa shape index (κ2) is 8.39. The summed E-state index contributed by atoms with van der Waals surface area (Å²) in [5, 5.41) is 19.4. The van der Waals surface area contributed by atoms with E-state index in [1.54, 1.807) is 25.4 Å². The number of ether oxygens (including phenoxy) is 2. The second-order valence-corrected chi connectivity index (χ2v) is 7.29. The Morgan fingerprint density at radius 1 is 1.30 bits per heavy atom. The molecule has 1 fully saturated rings. The molecule has 9 nitrogen and oxygen atoms in total. The van der Waals surface area contributed by atoms with E-state index < -0.39 is 0 Å². The van der Waals surface area contributed by atoms with E-state index in [9.17, 15) is 0 Å². The molecule has 1 aliphatic rings. The van der Waals surface area contributed by atoms with Gasteiger partial charge >= 0.3 is 0 Å². The lowest BCUT2D eigenvalue weighted by Crippen LogP contribution is -2.19. The van der Waals surface area contributed by atoms with Crippen LogP contribution in [0.15, 0.2) is 30.5 Å². The standard InChI is InChI=1S/C21H23N7O2/c1-12-7-18(30-16-6-3-13(23)8-16)20(21(25-12)29-2)17-9-19(28-27-17)26-15-5-4-14(10-22)24-11-15/h4-5,7,9,11,13,16H,3,6,8,23H2,1-2H3,(H2,26,27,28)/t13-,16+/m0/s1. The first-order valence-electron chi connectivity index (χ1n) is 9.72. The summed E-state index contributed by atoms with van der Waals surface area (Å²) in [5.41, 5.74) is 9.34. The summed E-state index contributed by atoms with van der Waals surface area (Å²) in [4.78, 5) is 8.55. The zero-order chi connectivity index (χ0) is 21.1. The van der Waals surface area contributed by atoms with Crippen molar-refractivity contribution >= 4 is 11.5 Å². The van der Waals surface area contributed by atoms with Gasteiger partial charge in [0, 0.05) is 23.9 Å². The monoisotopic (exact) mass is 405 g/mol. The summed E-state index contributed by atoms with van der Waals surface area (Å²) in [6.45, 7) is 1.90. The summed E-state index contributed by atoms with van der Waals surface area (Å²) < 4.78 is 11.8. The highest BCUT2D eigenvalue weighted by Gasteiger charge is 2.26. The van der Waals surface area contributed by atoms with Crippen molar-refractivity contribution < 1.29 is 9.47 Å². The van der Waals surface area contributed by atoms with E-state index in [1.807, 2.05) is 25.1 Å². The van der Waals surface area contributed by atoms with Gasteiger partial charge in [-0.2, -0.15) is 10.4 Å². The number of pyridine rings is 2. The minimum absolute atomic E-state index is 0.0653.